The fourth-order valence-electron chi connectivity index (χ4n) is 3.93. The van der Waals surface area contributed by atoms with Crippen molar-refractivity contribution in [1.29, 1.82) is 0 Å². The molecule has 2 aliphatic carbocycles. The zero-order chi connectivity index (χ0) is 17.1. The van der Waals surface area contributed by atoms with Gasteiger partial charge in [0, 0.05) is 36.3 Å². The standard InChI is InChI=1S/C22H26N2S/c1-24-15-7-14-23-22(24)20-12-4-5-13-21(20)25-16-18-10-6-9-17-8-2-3-11-19(17)18/h2,4-5,8,10,12-13H,3,6-7,9,11,14-16H2,1H3. The summed E-state index contributed by atoms with van der Waals surface area (Å²) in [5.74, 6) is 2.23. The van der Waals surface area contributed by atoms with Crippen LogP contribution in [-0.4, -0.2) is 36.6 Å². The number of rotatable bonds is 4. The van der Waals surface area contributed by atoms with Crippen molar-refractivity contribution in [1.82, 2.24) is 4.90 Å². The first-order valence-electron chi connectivity index (χ1n) is 9.38. The van der Waals surface area contributed by atoms with E-state index < -0.39 is 0 Å². The first-order chi connectivity index (χ1) is 12.3. The Balaban J connectivity index is 1.54. The van der Waals surface area contributed by atoms with Gasteiger partial charge in [-0.1, -0.05) is 36.4 Å². The molecular formula is C22H26N2S. The lowest BCUT2D eigenvalue weighted by atomic mass is 9.86. The Morgan fingerprint density at radius 1 is 1.16 bits per heavy atom. The van der Waals surface area contributed by atoms with E-state index in [0.29, 0.717) is 0 Å². The van der Waals surface area contributed by atoms with Gasteiger partial charge in [-0.15, -0.1) is 11.8 Å². The van der Waals surface area contributed by atoms with Crippen molar-refractivity contribution in [3.05, 3.63) is 64.8 Å². The van der Waals surface area contributed by atoms with Gasteiger partial charge >= 0.3 is 0 Å². The first-order valence-corrected chi connectivity index (χ1v) is 10.4. The van der Waals surface area contributed by atoms with E-state index in [0.717, 1.165) is 31.1 Å². The maximum Gasteiger partial charge on any atom is 0.131 e. The van der Waals surface area contributed by atoms with Gasteiger partial charge in [0.25, 0.3) is 0 Å². The highest BCUT2D eigenvalue weighted by atomic mass is 32.2. The number of hydrogen-bond acceptors (Lipinski definition) is 3. The topological polar surface area (TPSA) is 15.6 Å². The summed E-state index contributed by atoms with van der Waals surface area (Å²) in [5, 5.41) is 0. The van der Waals surface area contributed by atoms with Gasteiger partial charge in [-0.25, -0.2) is 0 Å². The number of benzene rings is 1. The lowest BCUT2D eigenvalue weighted by Gasteiger charge is -2.27. The highest BCUT2D eigenvalue weighted by molar-refractivity contribution is 7.99. The number of amidine groups is 1. The maximum atomic E-state index is 4.80. The van der Waals surface area contributed by atoms with E-state index in [1.54, 1.807) is 16.7 Å². The monoisotopic (exact) mass is 350 g/mol. The van der Waals surface area contributed by atoms with E-state index in [1.807, 2.05) is 11.8 Å². The Kier molecular flexibility index (Phi) is 5.12. The van der Waals surface area contributed by atoms with Crippen LogP contribution >= 0.6 is 11.8 Å². The van der Waals surface area contributed by atoms with E-state index in [-0.39, 0.29) is 0 Å². The summed E-state index contributed by atoms with van der Waals surface area (Å²) in [7, 11) is 2.16. The maximum absolute atomic E-state index is 4.80. The molecule has 130 valence electrons. The second-order valence-electron chi connectivity index (χ2n) is 6.98. The first kappa shape index (κ1) is 16.7. The third kappa shape index (κ3) is 3.62. The van der Waals surface area contributed by atoms with Crippen LogP contribution in [0.2, 0.25) is 0 Å². The van der Waals surface area contributed by atoms with Gasteiger partial charge in [0.05, 0.1) is 0 Å². The lowest BCUT2D eigenvalue weighted by molar-refractivity contribution is 0.467. The molecule has 1 heterocycles. The van der Waals surface area contributed by atoms with Crippen LogP contribution in [0, 0.1) is 0 Å². The van der Waals surface area contributed by atoms with Crippen molar-refractivity contribution in [2.75, 3.05) is 25.9 Å². The van der Waals surface area contributed by atoms with Crippen molar-refractivity contribution >= 4 is 17.6 Å². The van der Waals surface area contributed by atoms with E-state index in [9.17, 15) is 0 Å². The predicted octanol–water partition coefficient (Wildman–Crippen LogP) is 5.23. The molecule has 0 fully saturated rings. The van der Waals surface area contributed by atoms with Gasteiger partial charge in [0.1, 0.15) is 5.84 Å². The molecule has 1 aromatic carbocycles. The Morgan fingerprint density at radius 2 is 2.08 bits per heavy atom. The fraction of sp³-hybridized carbons (Fsp3) is 0.409. The largest absolute Gasteiger partial charge is 0.359 e. The van der Waals surface area contributed by atoms with Gasteiger partial charge in [0.15, 0.2) is 0 Å². The predicted molar refractivity (Wildman–Crippen MR) is 109 cm³/mol. The summed E-state index contributed by atoms with van der Waals surface area (Å²) >= 11 is 1.97. The molecule has 1 aromatic rings. The molecule has 0 amide bonds. The minimum absolute atomic E-state index is 0.951. The number of nitrogens with zero attached hydrogens (tertiary/aromatic N) is 2. The van der Waals surface area contributed by atoms with Crippen molar-refractivity contribution < 1.29 is 0 Å². The van der Waals surface area contributed by atoms with Crippen molar-refractivity contribution in [2.24, 2.45) is 4.99 Å². The van der Waals surface area contributed by atoms with E-state index in [2.05, 4.69) is 54.4 Å². The van der Waals surface area contributed by atoms with Gasteiger partial charge in [-0.2, -0.15) is 0 Å². The average Bonchev–Trinajstić information content (AvgIpc) is 2.67. The summed E-state index contributed by atoms with van der Waals surface area (Å²) in [6.07, 6.45) is 13.1. The second-order valence-corrected chi connectivity index (χ2v) is 8.00. The number of hydrogen-bond donors (Lipinski definition) is 0. The minimum Gasteiger partial charge on any atom is -0.359 e. The van der Waals surface area contributed by atoms with Crippen molar-refractivity contribution in [3.63, 3.8) is 0 Å². The van der Waals surface area contributed by atoms with Gasteiger partial charge in [-0.05, 0) is 54.9 Å². The molecule has 4 rings (SSSR count). The smallest absolute Gasteiger partial charge is 0.131 e. The number of thioether (sulfide) groups is 1. The summed E-state index contributed by atoms with van der Waals surface area (Å²) in [4.78, 5) is 8.46. The van der Waals surface area contributed by atoms with E-state index >= 15 is 0 Å². The highest BCUT2D eigenvalue weighted by Crippen LogP contribution is 2.36. The highest BCUT2D eigenvalue weighted by Gasteiger charge is 2.19. The minimum atomic E-state index is 0.951. The summed E-state index contributed by atoms with van der Waals surface area (Å²) < 4.78 is 0. The molecule has 0 saturated carbocycles. The van der Waals surface area contributed by atoms with Crippen LogP contribution < -0.4 is 0 Å². The van der Waals surface area contributed by atoms with E-state index in [1.165, 1.54) is 36.1 Å². The van der Waals surface area contributed by atoms with E-state index in [4.69, 9.17) is 4.99 Å². The molecule has 0 N–H and O–H groups in total. The van der Waals surface area contributed by atoms with Crippen LogP contribution in [0.1, 0.15) is 37.7 Å². The Hall–Kier alpha value is -1.74. The van der Waals surface area contributed by atoms with Crippen LogP contribution in [0.4, 0.5) is 0 Å². The summed E-state index contributed by atoms with van der Waals surface area (Å²) in [6, 6.07) is 8.77. The molecule has 0 saturated heterocycles. The molecule has 1 aliphatic heterocycles. The summed E-state index contributed by atoms with van der Waals surface area (Å²) in [5.41, 5.74) is 6.05. The zero-order valence-corrected chi connectivity index (χ0v) is 15.8. The molecule has 0 radical (unpaired) electrons. The van der Waals surface area contributed by atoms with Crippen molar-refractivity contribution in [3.8, 4) is 0 Å². The van der Waals surface area contributed by atoms with Crippen LogP contribution in [0.3, 0.4) is 0 Å². The summed E-state index contributed by atoms with van der Waals surface area (Å²) in [6.45, 7) is 2.05. The molecule has 0 aromatic heterocycles. The molecule has 25 heavy (non-hydrogen) atoms. The number of allylic oxidation sites excluding steroid dienone is 5. The Labute approximate surface area is 155 Å². The van der Waals surface area contributed by atoms with Gasteiger partial charge in [0.2, 0.25) is 0 Å². The van der Waals surface area contributed by atoms with Gasteiger partial charge < -0.3 is 4.90 Å². The van der Waals surface area contributed by atoms with Crippen LogP contribution in [0.5, 0.6) is 0 Å². The molecule has 3 aliphatic rings. The van der Waals surface area contributed by atoms with Crippen LogP contribution in [-0.2, 0) is 0 Å². The third-order valence-corrected chi connectivity index (χ3v) is 6.37. The molecule has 0 unspecified atom stereocenters. The molecule has 0 bridgehead atoms. The average molecular weight is 351 g/mol. The molecule has 3 heteroatoms. The molecular weight excluding hydrogens is 324 g/mol. The lowest BCUT2D eigenvalue weighted by Crippen LogP contribution is -2.33. The Morgan fingerprint density at radius 3 is 3.00 bits per heavy atom. The second kappa shape index (κ2) is 7.65. The Bertz CT molecular complexity index is 770. The molecule has 2 nitrogen and oxygen atoms in total. The molecule has 0 atom stereocenters. The number of aliphatic imine (C=N–C) groups is 1. The normalized spacial score (nSPS) is 20.3. The third-order valence-electron chi connectivity index (χ3n) is 5.25. The fourth-order valence-corrected chi connectivity index (χ4v) is 5.02. The zero-order valence-electron chi connectivity index (χ0n) is 15.0. The van der Waals surface area contributed by atoms with Crippen LogP contribution in [0.25, 0.3) is 0 Å². The van der Waals surface area contributed by atoms with Crippen molar-refractivity contribution in [2.45, 2.75) is 37.0 Å². The van der Waals surface area contributed by atoms with Gasteiger partial charge in [-0.3, -0.25) is 4.99 Å². The molecule has 0 spiro atoms. The quantitative estimate of drug-likeness (QED) is 0.691. The van der Waals surface area contributed by atoms with Crippen LogP contribution in [0.15, 0.2) is 69.1 Å². The SMILES string of the molecule is CN1CCCN=C1c1ccccc1SCC1=CCCC2=C1CCC=C2.